The van der Waals surface area contributed by atoms with Crippen molar-refractivity contribution in [3.8, 4) is 11.6 Å². The molecule has 2 aromatic heterocycles. The minimum absolute atomic E-state index is 0.0389. The van der Waals surface area contributed by atoms with Crippen LogP contribution in [0.3, 0.4) is 0 Å². The number of nitrogens with one attached hydrogen (secondary N) is 1. The molecule has 2 heterocycles. The fraction of sp³-hybridized carbons (Fsp3) is 0.588. The van der Waals surface area contributed by atoms with Gasteiger partial charge < -0.3 is 9.73 Å². The van der Waals surface area contributed by atoms with E-state index in [1.807, 2.05) is 0 Å². The van der Waals surface area contributed by atoms with Crippen LogP contribution in [0.5, 0.6) is 0 Å². The number of amides is 1. The Labute approximate surface area is 139 Å². The Balaban J connectivity index is 1.54. The number of aromatic nitrogens is 3. The molecule has 4 rings (SSSR count). The second kappa shape index (κ2) is 6.30. The van der Waals surface area contributed by atoms with Crippen LogP contribution in [0.2, 0.25) is 0 Å². The van der Waals surface area contributed by atoms with E-state index in [9.17, 15) is 9.59 Å². The average Bonchev–Trinajstić information content (AvgIpc) is 3.16. The minimum atomic E-state index is -0.234. The van der Waals surface area contributed by atoms with E-state index in [0.29, 0.717) is 11.6 Å². The number of hydrogen-bond acceptors (Lipinski definition) is 4. The Morgan fingerprint density at radius 3 is 2.71 bits per heavy atom. The molecule has 0 aromatic carbocycles. The summed E-state index contributed by atoms with van der Waals surface area (Å²) < 4.78 is 8.31. The highest BCUT2D eigenvalue weighted by Crippen LogP contribution is 2.36. The van der Waals surface area contributed by atoms with Gasteiger partial charge in [-0.1, -0.05) is 19.3 Å². The van der Waals surface area contributed by atoms with Gasteiger partial charge in [0.05, 0.1) is 6.26 Å². The maximum Gasteiger partial charge on any atom is 0.347 e. The lowest BCUT2D eigenvalue weighted by Crippen LogP contribution is -2.40. The number of rotatable bonds is 5. The van der Waals surface area contributed by atoms with Crippen LogP contribution >= 0.6 is 0 Å². The summed E-state index contributed by atoms with van der Waals surface area (Å²) in [5.74, 6) is 0.929. The fourth-order valence-corrected chi connectivity index (χ4v) is 3.42. The standard InChI is InChI=1S/C17H22N4O3/c22-15(18-12-5-2-1-3-6-12)11-20-17(23)21(13-8-9-13)16(19-20)14-7-4-10-24-14/h4,7,10,12-13H,1-3,5-6,8-9,11H2,(H,18,22). The third-order valence-electron chi connectivity index (χ3n) is 4.79. The quantitative estimate of drug-likeness (QED) is 0.910. The SMILES string of the molecule is O=C(Cn1nc(-c2ccco2)n(C2CC2)c1=O)NC1CCCCC1. The van der Waals surface area contributed by atoms with Crippen molar-refractivity contribution in [2.24, 2.45) is 0 Å². The molecule has 0 bridgehead atoms. The first-order chi connectivity index (χ1) is 11.7. The van der Waals surface area contributed by atoms with Crippen LogP contribution in [0.1, 0.15) is 51.0 Å². The molecule has 0 radical (unpaired) electrons. The van der Waals surface area contributed by atoms with Crippen LogP contribution in [0.4, 0.5) is 0 Å². The highest BCUT2D eigenvalue weighted by atomic mass is 16.3. The van der Waals surface area contributed by atoms with Crippen molar-refractivity contribution in [1.29, 1.82) is 0 Å². The Hall–Kier alpha value is -2.31. The lowest BCUT2D eigenvalue weighted by atomic mass is 9.95. The summed E-state index contributed by atoms with van der Waals surface area (Å²) in [5, 5.41) is 7.39. The molecule has 2 aromatic rings. The second-order valence-electron chi connectivity index (χ2n) is 6.74. The molecule has 7 nitrogen and oxygen atoms in total. The van der Waals surface area contributed by atoms with Gasteiger partial charge in [0.1, 0.15) is 6.54 Å². The predicted molar refractivity (Wildman–Crippen MR) is 87.5 cm³/mol. The first-order valence-electron chi connectivity index (χ1n) is 8.75. The summed E-state index contributed by atoms with van der Waals surface area (Å²) in [6.07, 6.45) is 9.09. The van der Waals surface area contributed by atoms with E-state index >= 15 is 0 Å². The zero-order chi connectivity index (χ0) is 16.5. The fourth-order valence-electron chi connectivity index (χ4n) is 3.42. The van der Waals surface area contributed by atoms with Gasteiger partial charge in [-0.05, 0) is 37.8 Å². The third-order valence-corrected chi connectivity index (χ3v) is 4.79. The maximum absolute atomic E-state index is 12.6. The number of carbonyl (C=O) groups is 1. The van der Waals surface area contributed by atoms with E-state index in [0.717, 1.165) is 38.5 Å². The molecule has 0 unspecified atom stereocenters. The summed E-state index contributed by atoms with van der Waals surface area (Å²) >= 11 is 0. The van der Waals surface area contributed by atoms with Gasteiger partial charge in [-0.3, -0.25) is 9.36 Å². The number of nitrogens with zero attached hydrogens (tertiary/aromatic N) is 3. The van der Waals surface area contributed by atoms with Gasteiger partial charge in [-0.25, -0.2) is 9.48 Å². The molecule has 24 heavy (non-hydrogen) atoms. The van der Waals surface area contributed by atoms with Gasteiger partial charge in [-0.2, -0.15) is 0 Å². The van der Waals surface area contributed by atoms with Crippen molar-refractivity contribution < 1.29 is 9.21 Å². The first-order valence-corrected chi connectivity index (χ1v) is 8.75. The molecule has 2 aliphatic rings. The molecule has 1 amide bonds. The summed E-state index contributed by atoms with van der Waals surface area (Å²) in [4.78, 5) is 24.9. The number of hydrogen-bond donors (Lipinski definition) is 1. The lowest BCUT2D eigenvalue weighted by molar-refractivity contribution is -0.122. The highest BCUT2D eigenvalue weighted by molar-refractivity contribution is 5.76. The minimum Gasteiger partial charge on any atom is -0.461 e. The van der Waals surface area contributed by atoms with Crippen LogP contribution in [-0.4, -0.2) is 26.3 Å². The van der Waals surface area contributed by atoms with Crippen LogP contribution < -0.4 is 11.0 Å². The van der Waals surface area contributed by atoms with Gasteiger partial charge in [0, 0.05) is 12.1 Å². The van der Waals surface area contributed by atoms with Crippen molar-refractivity contribution >= 4 is 5.91 Å². The second-order valence-corrected chi connectivity index (χ2v) is 6.74. The largest absolute Gasteiger partial charge is 0.461 e. The Kier molecular flexibility index (Phi) is 4.00. The molecule has 0 saturated heterocycles. The lowest BCUT2D eigenvalue weighted by Gasteiger charge is -2.22. The molecule has 2 saturated carbocycles. The van der Waals surface area contributed by atoms with E-state index in [2.05, 4.69) is 10.4 Å². The average molecular weight is 330 g/mol. The van der Waals surface area contributed by atoms with E-state index < -0.39 is 0 Å². The molecule has 1 N–H and O–H groups in total. The van der Waals surface area contributed by atoms with Gasteiger partial charge in [0.15, 0.2) is 5.76 Å². The van der Waals surface area contributed by atoms with Crippen LogP contribution in [0.15, 0.2) is 27.6 Å². The summed E-state index contributed by atoms with van der Waals surface area (Å²) in [7, 11) is 0. The maximum atomic E-state index is 12.6. The summed E-state index contributed by atoms with van der Waals surface area (Å²) in [5.41, 5.74) is -0.234. The molecule has 2 aliphatic carbocycles. The van der Waals surface area contributed by atoms with E-state index in [1.165, 1.54) is 11.1 Å². The molecule has 0 atom stereocenters. The van der Waals surface area contributed by atoms with Crippen LogP contribution in [-0.2, 0) is 11.3 Å². The molecular formula is C17H22N4O3. The number of furan rings is 1. The van der Waals surface area contributed by atoms with Crippen molar-refractivity contribution in [2.45, 2.75) is 63.6 Å². The van der Waals surface area contributed by atoms with Crippen molar-refractivity contribution in [1.82, 2.24) is 19.7 Å². The van der Waals surface area contributed by atoms with Gasteiger partial charge in [0.2, 0.25) is 11.7 Å². The van der Waals surface area contributed by atoms with Crippen LogP contribution in [0.25, 0.3) is 11.6 Å². The van der Waals surface area contributed by atoms with Crippen molar-refractivity contribution in [3.05, 3.63) is 28.9 Å². The van der Waals surface area contributed by atoms with E-state index in [4.69, 9.17) is 4.42 Å². The van der Waals surface area contributed by atoms with Gasteiger partial charge in [-0.15, -0.1) is 5.10 Å². The molecular weight excluding hydrogens is 308 g/mol. The van der Waals surface area contributed by atoms with Crippen molar-refractivity contribution in [2.75, 3.05) is 0 Å². The smallest absolute Gasteiger partial charge is 0.347 e. The summed E-state index contributed by atoms with van der Waals surface area (Å²) in [6.45, 7) is -0.0389. The van der Waals surface area contributed by atoms with Gasteiger partial charge in [0.25, 0.3) is 0 Å². The van der Waals surface area contributed by atoms with Gasteiger partial charge >= 0.3 is 5.69 Å². The highest BCUT2D eigenvalue weighted by Gasteiger charge is 2.31. The molecule has 0 spiro atoms. The Bertz CT molecular complexity index is 764. The van der Waals surface area contributed by atoms with E-state index in [-0.39, 0.29) is 30.2 Å². The van der Waals surface area contributed by atoms with E-state index in [1.54, 1.807) is 23.0 Å². The molecule has 7 heteroatoms. The Morgan fingerprint density at radius 1 is 1.25 bits per heavy atom. The van der Waals surface area contributed by atoms with Crippen molar-refractivity contribution in [3.63, 3.8) is 0 Å². The Morgan fingerprint density at radius 2 is 2.04 bits per heavy atom. The monoisotopic (exact) mass is 330 g/mol. The molecule has 0 aliphatic heterocycles. The third kappa shape index (κ3) is 3.02. The zero-order valence-electron chi connectivity index (χ0n) is 13.6. The van der Waals surface area contributed by atoms with Crippen LogP contribution in [0, 0.1) is 0 Å². The predicted octanol–water partition coefficient (Wildman–Crippen LogP) is 2.09. The first kappa shape index (κ1) is 15.2. The zero-order valence-corrected chi connectivity index (χ0v) is 13.6. The molecule has 2 fully saturated rings. The normalized spacial score (nSPS) is 18.7. The molecule has 128 valence electrons. The number of carbonyl (C=O) groups excluding carboxylic acids is 1. The summed E-state index contributed by atoms with van der Waals surface area (Å²) in [6, 6.07) is 3.96. The topological polar surface area (TPSA) is 82.1 Å².